The Balaban J connectivity index is 1.56. The molecule has 2 aromatic carbocycles. The van der Waals surface area contributed by atoms with Crippen molar-refractivity contribution in [1.29, 1.82) is 0 Å². The van der Waals surface area contributed by atoms with Gasteiger partial charge in [-0.2, -0.15) is 0 Å². The number of carbonyl (C=O) groups excluding carboxylic acids is 1. The molecule has 1 aliphatic heterocycles. The molecular formula is C20H21NO2. The zero-order valence-electron chi connectivity index (χ0n) is 13.4. The molecule has 118 valence electrons. The zero-order chi connectivity index (χ0) is 15.8. The Labute approximate surface area is 136 Å². The minimum Gasteiger partial charge on any atom is -0.497 e. The van der Waals surface area contributed by atoms with Gasteiger partial charge in [0.1, 0.15) is 5.75 Å². The summed E-state index contributed by atoms with van der Waals surface area (Å²) < 4.78 is 5.25. The van der Waals surface area contributed by atoms with Crippen molar-refractivity contribution in [3.05, 3.63) is 59.2 Å². The van der Waals surface area contributed by atoms with E-state index in [4.69, 9.17) is 4.74 Å². The molecule has 1 heterocycles. The van der Waals surface area contributed by atoms with Crippen molar-refractivity contribution < 1.29 is 9.53 Å². The second-order valence-corrected chi connectivity index (χ2v) is 6.54. The fourth-order valence-corrected chi connectivity index (χ4v) is 3.31. The summed E-state index contributed by atoms with van der Waals surface area (Å²) in [6.07, 6.45) is 4.78. The van der Waals surface area contributed by atoms with E-state index in [2.05, 4.69) is 24.3 Å². The van der Waals surface area contributed by atoms with E-state index in [-0.39, 0.29) is 5.91 Å². The van der Waals surface area contributed by atoms with Crippen LogP contribution in [0.4, 0.5) is 5.69 Å². The molecule has 0 aromatic heterocycles. The molecule has 1 aliphatic carbocycles. The van der Waals surface area contributed by atoms with Gasteiger partial charge in [-0.05, 0) is 73.1 Å². The fourth-order valence-electron chi connectivity index (χ4n) is 3.31. The Hall–Kier alpha value is -2.29. The monoisotopic (exact) mass is 307 g/mol. The molecule has 0 atom stereocenters. The molecule has 3 nitrogen and oxygen atoms in total. The number of hydrogen-bond donors (Lipinski definition) is 0. The van der Waals surface area contributed by atoms with Crippen LogP contribution in [0, 0.1) is 5.92 Å². The number of hydrogen-bond acceptors (Lipinski definition) is 2. The number of rotatable bonds is 4. The lowest BCUT2D eigenvalue weighted by Gasteiger charge is -2.29. The van der Waals surface area contributed by atoms with Crippen molar-refractivity contribution in [3.63, 3.8) is 0 Å². The van der Waals surface area contributed by atoms with Crippen molar-refractivity contribution in [2.75, 3.05) is 18.6 Å². The number of fused-ring (bicyclic) bond motifs is 1. The van der Waals surface area contributed by atoms with Gasteiger partial charge >= 0.3 is 0 Å². The molecule has 0 spiro atoms. The molecule has 0 N–H and O–H groups in total. The number of benzene rings is 2. The van der Waals surface area contributed by atoms with Crippen LogP contribution in [0.5, 0.6) is 5.75 Å². The Bertz CT molecular complexity index is 732. The van der Waals surface area contributed by atoms with Crippen LogP contribution in [-0.4, -0.2) is 19.6 Å². The molecule has 0 bridgehead atoms. The quantitative estimate of drug-likeness (QED) is 0.858. The van der Waals surface area contributed by atoms with Gasteiger partial charge in [0.25, 0.3) is 5.91 Å². The number of methoxy groups -OCH3 is 1. The molecule has 0 unspecified atom stereocenters. The lowest BCUT2D eigenvalue weighted by Crippen LogP contribution is -2.37. The van der Waals surface area contributed by atoms with Crippen LogP contribution >= 0.6 is 0 Å². The molecule has 2 aromatic rings. The third kappa shape index (κ3) is 2.83. The average Bonchev–Trinajstić information content (AvgIpc) is 3.40. The maximum Gasteiger partial charge on any atom is 0.258 e. The number of amides is 1. The summed E-state index contributed by atoms with van der Waals surface area (Å²) in [4.78, 5) is 14.7. The van der Waals surface area contributed by atoms with Gasteiger partial charge in [0.2, 0.25) is 0 Å². The van der Waals surface area contributed by atoms with Gasteiger partial charge in [-0.25, -0.2) is 0 Å². The molecule has 0 radical (unpaired) electrons. The van der Waals surface area contributed by atoms with E-state index in [1.807, 2.05) is 23.1 Å². The lowest BCUT2D eigenvalue weighted by molar-refractivity contribution is 0.0980. The van der Waals surface area contributed by atoms with E-state index in [0.717, 1.165) is 41.4 Å². The van der Waals surface area contributed by atoms with Gasteiger partial charge < -0.3 is 9.64 Å². The summed E-state index contributed by atoms with van der Waals surface area (Å²) in [5.74, 6) is 1.79. The molecule has 1 fully saturated rings. The minimum atomic E-state index is 0.0869. The summed E-state index contributed by atoms with van der Waals surface area (Å²) in [7, 11) is 1.65. The summed E-state index contributed by atoms with van der Waals surface area (Å²) in [5.41, 5.74) is 4.25. The van der Waals surface area contributed by atoms with E-state index < -0.39 is 0 Å². The molecule has 1 amide bonds. The molecule has 3 heteroatoms. The van der Waals surface area contributed by atoms with E-state index in [9.17, 15) is 4.79 Å². The fraction of sp³-hybridized carbons (Fsp3) is 0.350. The highest BCUT2D eigenvalue weighted by molar-refractivity contribution is 6.08. The molecule has 1 saturated carbocycles. The van der Waals surface area contributed by atoms with Crippen LogP contribution in [0.15, 0.2) is 42.5 Å². The normalized spacial score (nSPS) is 17.1. The van der Waals surface area contributed by atoms with Gasteiger partial charge in [-0.1, -0.05) is 12.1 Å². The van der Waals surface area contributed by atoms with Crippen LogP contribution in [0.1, 0.15) is 34.3 Å². The highest BCUT2D eigenvalue weighted by Crippen LogP contribution is 2.33. The molecular weight excluding hydrogens is 286 g/mol. The van der Waals surface area contributed by atoms with E-state index in [1.54, 1.807) is 7.11 Å². The SMILES string of the molecule is COc1ccc2c(c1)CCN(c1ccc(CC3CC3)cc1)C2=O. The van der Waals surface area contributed by atoms with Gasteiger partial charge in [0.05, 0.1) is 7.11 Å². The third-order valence-electron chi connectivity index (χ3n) is 4.86. The second-order valence-electron chi connectivity index (χ2n) is 6.54. The number of anilines is 1. The largest absolute Gasteiger partial charge is 0.497 e. The summed E-state index contributed by atoms with van der Waals surface area (Å²) >= 11 is 0. The molecule has 2 aliphatic rings. The van der Waals surface area contributed by atoms with Gasteiger partial charge in [0, 0.05) is 17.8 Å². The van der Waals surface area contributed by atoms with Crippen LogP contribution in [0.3, 0.4) is 0 Å². The Morgan fingerprint density at radius 2 is 1.91 bits per heavy atom. The maximum atomic E-state index is 12.8. The smallest absolute Gasteiger partial charge is 0.258 e. The van der Waals surface area contributed by atoms with Crippen LogP contribution < -0.4 is 9.64 Å². The summed E-state index contributed by atoms with van der Waals surface area (Å²) in [5, 5.41) is 0. The van der Waals surface area contributed by atoms with E-state index in [0.29, 0.717) is 0 Å². The number of ether oxygens (including phenoxy) is 1. The van der Waals surface area contributed by atoms with Crippen molar-refractivity contribution in [2.24, 2.45) is 5.92 Å². The predicted octanol–water partition coefficient (Wildman–Crippen LogP) is 3.85. The number of nitrogens with zero attached hydrogens (tertiary/aromatic N) is 1. The van der Waals surface area contributed by atoms with Crippen LogP contribution in [0.25, 0.3) is 0 Å². The minimum absolute atomic E-state index is 0.0869. The highest BCUT2D eigenvalue weighted by Gasteiger charge is 2.26. The van der Waals surface area contributed by atoms with Crippen molar-refractivity contribution >= 4 is 11.6 Å². The third-order valence-corrected chi connectivity index (χ3v) is 4.86. The standard InChI is InChI=1S/C20H21NO2/c1-23-18-8-9-19-16(13-18)10-11-21(20(19)22)17-6-4-15(5-7-17)12-14-2-3-14/h4-9,13-14H,2-3,10-12H2,1H3. The topological polar surface area (TPSA) is 29.5 Å². The van der Waals surface area contributed by atoms with E-state index >= 15 is 0 Å². The highest BCUT2D eigenvalue weighted by atomic mass is 16.5. The molecule has 23 heavy (non-hydrogen) atoms. The summed E-state index contributed by atoms with van der Waals surface area (Å²) in [6.45, 7) is 0.723. The Morgan fingerprint density at radius 3 is 2.61 bits per heavy atom. The molecule has 4 rings (SSSR count). The van der Waals surface area contributed by atoms with Gasteiger partial charge in [-0.15, -0.1) is 0 Å². The second kappa shape index (κ2) is 5.73. The maximum absolute atomic E-state index is 12.8. The Morgan fingerprint density at radius 1 is 1.13 bits per heavy atom. The first-order valence-corrected chi connectivity index (χ1v) is 8.32. The van der Waals surface area contributed by atoms with Gasteiger partial charge in [0.15, 0.2) is 0 Å². The predicted molar refractivity (Wildman–Crippen MR) is 91.2 cm³/mol. The first-order valence-electron chi connectivity index (χ1n) is 8.32. The van der Waals surface area contributed by atoms with Crippen molar-refractivity contribution in [2.45, 2.75) is 25.7 Å². The van der Waals surface area contributed by atoms with Crippen molar-refractivity contribution in [1.82, 2.24) is 0 Å². The van der Waals surface area contributed by atoms with Gasteiger partial charge in [-0.3, -0.25) is 4.79 Å². The zero-order valence-corrected chi connectivity index (χ0v) is 13.4. The lowest BCUT2D eigenvalue weighted by atomic mass is 9.98. The van der Waals surface area contributed by atoms with Crippen LogP contribution in [-0.2, 0) is 12.8 Å². The number of carbonyl (C=O) groups is 1. The Kier molecular flexibility index (Phi) is 3.56. The average molecular weight is 307 g/mol. The first-order chi connectivity index (χ1) is 11.2. The van der Waals surface area contributed by atoms with Crippen molar-refractivity contribution in [3.8, 4) is 5.75 Å². The first kappa shape index (κ1) is 14.3. The van der Waals surface area contributed by atoms with Crippen LogP contribution in [0.2, 0.25) is 0 Å². The molecule has 0 saturated heterocycles. The summed E-state index contributed by atoms with van der Waals surface area (Å²) in [6, 6.07) is 14.2. The van der Waals surface area contributed by atoms with E-state index in [1.165, 1.54) is 24.8 Å².